The lowest BCUT2D eigenvalue weighted by atomic mass is 10.0. The molecule has 0 saturated carbocycles. The largest absolute Gasteiger partial charge is 0.308 e. The van der Waals surface area contributed by atoms with Crippen LogP contribution in [0.5, 0.6) is 0 Å². The van der Waals surface area contributed by atoms with Crippen molar-refractivity contribution in [2.75, 3.05) is 12.8 Å². The van der Waals surface area contributed by atoms with Gasteiger partial charge in [0.2, 0.25) is 0 Å². The van der Waals surface area contributed by atoms with Crippen LogP contribution in [0, 0.1) is 0 Å². The van der Waals surface area contributed by atoms with E-state index >= 15 is 0 Å². The topological polar surface area (TPSA) is 46.2 Å². The SMILES string of the molecule is CCCNC(c1sccc1Br)C(C)(C)S(C)(=O)=O. The molecule has 1 N–H and O–H groups in total. The van der Waals surface area contributed by atoms with E-state index in [2.05, 4.69) is 28.2 Å². The molecule has 104 valence electrons. The van der Waals surface area contributed by atoms with Crippen LogP contribution in [0.4, 0.5) is 0 Å². The third-order valence-corrected chi connectivity index (χ3v) is 7.24. The number of sulfone groups is 1. The summed E-state index contributed by atoms with van der Waals surface area (Å²) in [5.41, 5.74) is 0. The van der Waals surface area contributed by atoms with Gasteiger partial charge in [-0.2, -0.15) is 0 Å². The molecule has 0 spiro atoms. The molecule has 1 aromatic heterocycles. The lowest BCUT2D eigenvalue weighted by Crippen LogP contribution is -2.45. The van der Waals surface area contributed by atoms with Gasteiger partial charge in [0.1, 0.15) is 0 Å². The van der Waals surface area contributed by atoms with Gasteiger partial charge in [0.05, 0.1) is 10.8 Å². The lowest BCUT2D eigenvalue weighted by Gasteiger charge is -2.33. The van der Waals surface area contributed by atoms with Crippen LogP contribution in [0.2, 0.25) is 0 Å². The van der Waals surface area contributed by atoms with Crippen molar-refractivity contribution in [3.63, 3.8) is 0 Å². The predicted molar refractivity (Wildman–Crippen MR) is 82.0 cm³/mol. The highest BCUT2D eigenvalue weighted by Gasteiger charge is 2.40. The molecule has 0 saturated heterocycles. The Morgan fingerprint density at radius 3 is 2.50 bits per heavy atom. The van der Waals surface area contributed by atoms with Crippen molar-refractivity contribution < 1.29 is 8.42 Å². The highest BCUT2D eigenvalue weighted by molar-refractivity contribution is 9.10. The number of rotatable bonds is 6. The van der Waals surface area contributed by atoms with Gasteiger partial charge in [-0.15, -0.1) is 11.3 Å². The molecular formula is C12H20BrNO2S2. The summed E-state index contributed by atoms with van der Waals surface area (Å²) >= 11 is 5.07. The monoisotopic (exact) mass is 353 g/mol. The van der Waals surface area contributed by atoms with Crippen molar-refractivity contribution in [3.8, 4) is 0 Å². The van der Waals surface area contributed by atoms with Gasteiger partial charge in [-0.3, -0.25) is 0 Å². The summed E-state index contributed by atoms with van der Waals surface area (Å²) < 4.78 is 24.2. The van der Waals surface area contributed by atoms with Crippen molar-refractivity contribution in [3.05, 3.63) is 20.8 Å². The molecule has 0 aliphatic carbocycles. The summed E-state index contributed by atoms with van der Waals surface area (Å²) in [4.78, 5) is 1.04. The van der Waals surface area contributed by atoms with E-state index in [9.17, 15) is 8.42 Å². The second kappa shape index (κ2) is 6.03. The second-order valence-corrected chi connectivity index (χ2v) is 9.29. The smallest absolute Gasteiger partial charge is 0.154 e. The van der Waals surface area contributed by atoms with Crippen molar-refractivity contribution in [2.24, 2.45) is 0 Å². The van der Waals surface area contributed by atoms with Crippen LogP contribution >= 0.6 is 27.3 Å². The molecule has 0 bridgehead atoms. The summed E-state index contributed by atoms with van der Waals surface area (Å²) in [6.45, 7) is 6.43. The third-order valence-electron chi connectivity index (χ3n) is 3.16. The number of thiophene rings is 1. The molecule has 0 aliphatic rings. The highest BCUT2D eigenvalue weighted by atomic mass is 79.9. The highest BCUT2D eigenvalue weighted by Crippen LogP contribution is 2.38. The molecule has 0 aliphatic heterocycles. The van der Waals surface area contributed by atoms with Gasteiger partial charge in [-0.05, 0) is 54.2 Å². The molecule has 6 heteroatoms. The molecule has 3 nitrogen and oxygen atoms in total. The van der Waals surface area contributed by atoms with Crippen LogP contribution in [0.1, 0.15) is 38.1 Å². The van der Waals surface area contributed by atoms with Gasteiger partial charge < -0.3 is 5.32 Å². The average Bonchev–Trinajstić information content (AvgIpc) is 2.63. The fourth-order valence-corrected chi connectivity index (χ4v) is 4.23. The normalized spacial score (nSPS) is 14.7. The first-order chi connectivity index (χ1) is 8.21. The Balaban J connectivity index is 3.18. The van der Waals surface area contributed by atoms with Gasteiger partial charge in [-0.25, -0.2) is 8.42 Å². The molecule has 18 heavy (non-hydrogen) atoms. The zero-order valence-electron chi connectivity index (χ0n) is 11.2. The number of hydrogen-bond donors (Lipinski definition) is 1. The molecule has 1 rings (SSSR count). The van der Waals surface area contributed by atoms with Gasteiger partial charge in [-0.1, -0.05) is 6.92 Å². The Labute approximate surface area is 122 Å². The van der Waals surface area contributed by atoms with Crippen LogP contribution in [0.25, 0.3) is 0 Å². The predicted octanol–water partition coefficient (Wildman–Crippen LogP) is 3.37. The van der Waals surface area contributed by atoms with Crippen LogP contribution in [0.15, 0.2) is 15.9 Å². The van der Waals surface area contributed by atoms with E-state index in [1.54, 1.807) is 25.2 Å². The fourth-order valence-electron chi connectivity index (χ4n) is 1.67. The van der Waals surface area contributed by atoms with Crippen LogP contribution in [0.3, 0.4) is 0 Å². The van der Waals surface area contributed by atoms with E-state index in [1.807, 2.05) is 11.4 Å². The van der Waals surface area contributed by atoms with Crippen LogP contribution in [-0.2, 0) is 9.84 Å². The number of hydrogen-bond acceptors (Lipinski definition) is 4. The van der Waals surface area contributed by atoms with Gasteiger partial charge in [0.15, 0.2) is 9.84 Å². The van der Waals surface area contributed by atoms with E-state index in [0.717, 1.165) is 22.3 Å². The lowest BCUT2D eigenvalue weighted by molar-refractivity contribution is 0.424. The van der Waals surface area contributed by atoms with E-state index in [4.69, 9.17) is 0 Å². The second-order valence-electron chi connectivity index (χ2n) is 4.90. The quantitative estimate of drug-likeness (QED) is 0.852. The maximum Gasteiger partial charge on any atom is 0.154 e. The molecule has 1 unspecified atom stereocenters. The molecule has 1 atom stereocenters. The first-order valence-corrected chi connectivity index (χ1v) is 9.44. The van der Waals surface area contributed by atoms with Crippen molar-refractivity contribution in [1.82, 2.24) is 5.32 Å². The van der Waals surface area contributed by atoms with Crippen molar-refractivity contribution in [2.45, 2.75) is 38.0 Å². The first-order valence-electron chi connectivity index (χ1n) is 5.87. The summed E-state index contributed by atoms with van der Waals surface area (Å²) in [6.07, 6.45) is 2.27. The number of nitrogens with one attached hydrogen (secondary N) is 1. The maximum absolute atomic E-state index is 12.0. The zero-order chi connectivity index (χ0) is 14.0. The van der Waals surface area contributed by atoms with Crippen molar-refractivity contribution >= 4 is 37.1 Å². The third kappa shape index (κ3) is 3.35. The van der Waals surface area contributed by atoms with Crippen LogP contribution < -0.4 is 5.32 Å². The molecule has 0 amide bonds. The molecule has 0 radical (unpaired) electrons. The van der Waals surface area contributed by atoms with Crippen molar-refractivity contribution in [1.29, 1.82) is 0 Å². The van der Waals surface area contributed by atoms with Gasteiger partial charge >= 0.3 is 0 Å². The summed E-state index contributed by atoms with van der Waals surface area (Å²) in [7, 11) is -3.15. The number of halogens is 1. The molecular weight excluding hydrogens is 334 g/mol. The average molecular weight is 354 g/mol. The maximum atomic E-state index is 12.0. The van der Waals surface area contributed by atoms with E-state index < -0.39 is 14.6 Å². The molecule has 0 fully saturated rings. The Morgan fingerprint density at radius 2 is 2.11 bits per heavy atom. The molecule has 0 aromatic carbocycles. The van der Waals surface area contributed by atoms with E-state index in [0.29, 0.717) is 0 Å². The Hall–Kier alpha value is 0.0900. The minimum Gasteiger partial charge on any atom is -0.308 e. The minimum atomic E-state index is -3.15. The Morgan fingerprint density at radius 1 is 1.50 bits per heavy atom. The fraction of sp³-hybridized carbons (Fsp3) is 0.667. The summed E-state index contributed by atoms with van der Waals surface area (Å²) in [5.74, 6) is 0. The van der Waals surface area contributed by atoms with Gasteiger partial charge in [0.25, 0.3) is 0 Å². The zero-order valence-corrected chi connectivity index (χ0v) is 14.4. The summed E-state index contributed by atoms with van der Waals surface area (Å²) in [5, 5.41) is 5.33. The standard InChI is InChI=1S/C12H20BrNO2S2/c1-5-7-14-11(10-9(13)6-8-17-10)12(2,3)18(4,15)16/h6,8,11,14H,5,7H2,1-4H3. The first kappa shape index (κ1) is 16.1. The summed E-state index contributed by atoms with van der Waals surface area (Å²) in [6, 6.07) is 1.76. The minimum absolute atomic E-state index is 0.193. The van der Waals surface area contributed by atoms with E-state index in [-0.39, 0.29) is 6.04 Å². The molecule has 1 heterocycles. The Kier molecular flexibility index (Phi) is 5.41. The van der Waals surface area contributed by atoms with Crippen LogP contribution in [-0.4, -0.2) is 26.0 Å². The Bertz CT molecular complexity index is 494. The van der Waals surface area contributed by atoms with E-state index in [1.165, 1.54) is 6.26 Å². The molecule has 1 aromatic rings. The van der Waals surface area contributed by atoms with Gasteiger partial charge in [0, 0.05) is 15.6 Å².